The van der Waals surface area contributed by atoms with Crippen LogP contribution in [0, 0.1) is 40.8 Å². The monoisotopic (exact) mass is 393 g/mol. The molecule has 4 nitrogen and oxygen atoms in total. The van der Waals surface area contributed by atoms with E-state index < -0.39 is 0 Å². The summed E-state index contributed by atoms with van der Waals surface area (Å²) in [5.74, 6) is -0.0648. The number of hydrogen-bond donors (Lipinski definition) is 0. The molecule has 0 aliphatic carbocycles. The van der Waals surface area contributed by atoms with Gasteiger partial charge in [-0.1, -0.05) is 13.8 Å². The largest absolute Gasteiger partial charge is 3.00 e. The van der Waals surface area contributed by atoms with Crippen molar-refractivity contribution in [3.8, 4) is 0 Å². The van der Waals surface area contributed by atoms with Gasteiger partial charge in [0.05, 0.1) is 11.8 Å². The van der Waals surface area contributed by atoms with Crippen molar-refractivity contribution in [1.82, 2.24) is 0 Å². The number of nitrogens with zero attached hydrogens (tertiary/aromatic N) is 2. The van der Waals surface area contributed by atoms with Crippen molar-refractivity contribution < 1.29 is 67.4 Å². The van der Waals surface area contributed by atoms with E-state index in [-0.39, 0.29) is 69.6 Å². The molecule has 6 heteroatoms. The molecule has 0 aliphatic rings. The molecule has 2 amide bonds. The SMILES string of the molecule is CCC(=O)[N-]C.CCC(=O)[N-]C.[Br-].[Nd+3]. The minimum absolute atomic E-state index is 0. The molecule has 1 radical (unpaired) electrons. The van der Waals surface area contributed by atoms with Gasteiger partial charge in [-0.25, -0.2) is 0 Å². The summed E-state index contributed by atoms with van der Waals surface area (Å²) in [7, 11) is 3.01. The Labute approximate surface area is 129 Å². The second-order valence-electron chi connectivity index (χ2n) is 1.94. The van der Waals surface area contributed by atoms with E-state index in [0.29, 0.717) is 12.8 Å². The summed E-state index contributed by atoms with van der Waals surface area (Å²) in [6, 6.07) is 0. The van der Waals surface area contributed by atoms with Crippen LogP contribution in [0.4, 0.5) is 0 Å². The Hall–Kier alpha value is 0.771. The van der Waals surface area contributed by atoms with Gasteiger partial charge in [-0.05, 0) is 12.8 Å². The fourth-order valence-corrected chi connectivity index (χ4v) is 0.316. The van der Waals surface area contributed by atoms with E-state index in [1.165, 1.54) is 14.1 Å². The van der Waals surface area contributed by atoms with Crippen LogP contribution in [0.1, 0.15) is 26.7 Å². The van der Waals surface area contributed by atoms with Crippen molar-refractivity contribution in [2.24, 2.45) is 0 Å². The van der Waals surface area contributed by atoms with E-state index in [4.69, 9.17) is 0 Å². The maximum Gasteiger partial charge on any atom is 3.00 e. The molecule has 0 unspecified atom stereocenters. The Morgan fingerprint density at radius 1 is 0.929 bits per heavy atom. The Bertz CT molecular complexity index is 117. The fourth-order valence-electron chi connectivity index (χ4n) is 0.316. The zero-order valence-corrected chi connectivity index (χ0v) is 13.8. The fraction of sp³-hybridized carbons (Fsp3) is 0.750. The summed E-state index contributed by atoms with van der Waals surface area (Å²) in [6.07, 6.45) is 1.05. The Kier molecular flexibility index (Phi) is 33.4. The molecule has 0 aromatic carbocycles. The average Bonchev–Trinajstić information content (AvgIpc) is 2.16. The quantitative estimate of drug-likeness (QED) is 0.592. The average molecular weight is 396 g/mol. The van der Waals surface area contributed by atoms with Gasteiger partial charge in [-0.3, -0.25) is 0 Å². The van der Waals surface area contributed by atoms with Crippen LogP contribution < -0.4 is 17.0 Å². The second kappa shape index (κ2) is 19.4. The number of halogens is 1. The van der Waals surface area contributed by atoms with E-state index in [9.17, 15) is 9.59 Å². The molecular formula is C8H16BrN2NdO2. The van der Waals surface area contributed by atoms with Crippen LogP contribution in [-0.2, 0) is 9.59 Å². The normalized spacial score (nSPS) is 6.57. The van der Waals surface area contributed by atoms with E-state index >= 15 is 0 Å². The minimum Gasteiger partial charge on any atom is -1.00 e. The summed E-state index contributed by atoms with van der Waals surface area (Å²) in [4.78, 5) is 20.0. The molecule has 81 valence electrons. The van der Waals surface area contributed by atoms with Crippen molar-refractivity contribution in [2.45, 2.75) is 26.7 Å². The molecule has 0 rings (SSSR count). The van der Waals surface area contributed by atoms with Crippen LogP contribution in [-0.4, -0.2) is 25.9 Å². The van der Waals surface area contributed by atoms with Crippen LogP contribution in [0.3, 0.4) is 0 Å². The molecule has 0 aliphatic heterocycles. The van der Waals surface area contributed by atoms with Gasteiger partial charge in [0.25, 0.3) is 0 Å². The summed E-state index contributed by atoms with van der Waals surface area (Å²) in [5, 5.41) is 6.74. The van der Waals surface area contributed by atoms with Gasteiger partial charge >= 0.3 is 40.8 Å². The summed E-state index contributed by atoms with van der Waals surface area (Å²) in [6.45, 7) is 3.57. The van der Waals surface area contributed by atoms with Gasteiger partial charge in [0, 0.05) is 0 Å². The standard InChI is InChI=1S/2C4H9NO.BrH.Nd/c2*1-3-4(6)5-2;;/h2*3H2,1-2H3,(H,5,6);1H;/q;;;+3/p-3. The van der Waals surface area contributed by atoms with Crippen LogP contribution >= 0.6 is 0 Å². The predicted molar refractivity (Wildman–Crippen MR) is 49.2 cm³/mol. The third-order valence-electron chi connectivity index (χ3n) is 1.10. The molecule has 0 fully saturated rings. The number of carbonyl (C=O) groups is 2. The zero-order chi connectivity index (χ0) is 9.98. The molecule has 0 spiro atoms. The Balaban J connectivity index is -0.0000000625. The van der Waals surface area contributed by atoms with Gasteiger partial charge in [0.2, 0.25) is 0 Å². The molecule has 14 heavy (non-hydrogen) atoms. The molecule has 0 bridgehead atoms. The van der Waals surface area contributed by atoms with Crippen molar-refractivity contribution in [3.05, 3.63) is 10.6 Å². The maximum atomic E-state index is 10.0. The van der Waals surface area contributed by atoms with Crippen molar-refractivity contribution in [1.29, 1.82) is 0 Å². The van der Waals surface area contributed by atoms with Crippen molar-refractivity contribution >= 4 is 11.8 Å². The molecular weight excluding hydrogens is 380 g/mol. The van der Waals surface area contributed by atoms with Crippen LogP contribution in [0.15, 0.2) is 0 Å². The predicted octanol–water partition coefficient (Wildman–Crippen LogP) is -1.14. The summed E-state index contributed by atoms with van der Waals surface area (Å²) >= 11 is 0. The first-order valence-electron chi connectivity index (χ1n) is 3.87. The number of hydrogen-bond acceptors (Lipinski definition) is 2. The maximum absolute atomic E-state index is 10.0. The van der Waals surface area contributed by atoms with E-state index in [1.807, 2.05) is 0 Å². The first-order valence-corrected chi connectivity index (χ1v) is 3.87. The van der Waals surface area contributed by atoms with Gasteiger partial charge in [0.1, 0.15) is 0 Å². The number of carbonyl (C=O) groups excluding carboxylic acids is 2. The molecule has 0 aromatic heterocycles. The van der Waals surface area contributed by atoms with Gasteiger partial charge < -0.3 is 37.2 Å². The molecule has 0 atom stereocenters. The summed E-state index contributed by atoms with van der Waals surface area (Å²) < 4.78 is 0. The first-order chi connectivity index (χ1) is 5.62. The third kappa shape index (κ3) is 23.0. The van der Waals surface area contributed by atoms with Crippen LogP contribution in [0.2, 0.25) is 0 Å². The second-order valence-corrected chi connectivity index (χ2v) is 1.94. The first kappa shape index (κ1) is 24.1. The zero-order valence-electron chi connectivity index (χ0n) is 9.00. The Morgan fingerprint density at radius 2 is 1.14 bits per heavy atom. The smallest absolute Gasteiger partial charge is 1.00 e. The van der Waals surface area contributed by atoms with E-state index in [2.05, 4.69) is 10.6 Å². The van der Waals surface area contributed by atoms with E-state index in [0.717, 1.165) is 0 Å². The number of amides is 2. The Morgan fingerprint density at radius 3 is 1.14 bits per heavy atom. The van der Waals surface area contributed by atoms with Crippen molar-refractivity contribution in [2.75, 3.05) is 14.1 Å². The van der Waals surface area contributed by atoms with Gasteiger partial charge in [-0.15, -0.1) is 14.1 Å². The third-order valence-corrected chi connectivity index (χ3v) is 1.10. The summed E-state index contributed by atoms with van der Waals surface area (Å²) in [5.41, 5.74) is 0. The molecule has 0 N–H and O–H groups in total. The minimum atomic E-state index is -0.0324. The molecule has 0 heterocycles. The van der Waals surface area contributed by atoms with Crippen LogP contribution in [0.5, 0.6) is 0 Å². The molecule has 0 aromatic rings. The van der Waals surface area contributed by atoms with Gasteiger partial charge in [-0.2, -0.15) is 0 Å². The van der Waals surface area contributed by atoms with Crippen molar-refractivity contribution in [3.63, 3.8) is 0 Å². The van der Waals surface area contributed by atoms with Gasteiger partial charge in [0.15, 0.2) is 0 Å². The van der Waals surface area contributed by atoms with E-state index in [1.54, 1.807) is 13.8 Å². The molecule has 0 saturated carbocycles. The van der Waals surface area contributed by atoms with Crippen LogP contribution in [0.25, 0.3) is 10.6 Å². The topological polar surface area (TPSA) is 62.3 Å². The number of rotatable bonds is 2. The molecule has 0 saturated heterocycles.